The number of nitrogens with two attached hydrogens (primary N) is 1. The molecular formula is C12H15NS2. The molecule has 0 radical (unpaired) electrons. The molecule has 2 N–H and O–H groups in total. The Morgan fingerprint density at radius 1 is 1.33 bits per heavy atom. The third-order valence-electron chi connectivity index (χ3n) is 2.52. The number of rotatable bonds is 3. The van der Waals surface area contributed by atoms with Gasteiger partial charge in [-0.3, -0.25) is 0 Å². The fraction of sp³-hybridized carbons (Fsp3) is 0.333. The van der Waals surface area contributed by atoms with Crippen LogP contribution in [0.4, 0.5) is 0 Å². The monoisotopic (exact) mass is 237 g/mol. The Morgan fingerprint density at radius 3 is 2.67 bits per heavy atom. The Hall–Kier alpha value is -0.640. The molecule has 0 aliphatic carbocycles. The van der Waals surface area contributed by atoms with Gasteiger partial charge in [0.05, 0.1) is 6.04 Å². The summed E-state index contributed by atoms with van der Waals surface area (Å²) in [5, 5.41) is 2.11. The number of thiophene rings is 2. The van der Waals surface area contributed by atoms with Crippen LogP contribution in [0.15, 0.2) is 23.6 Å². The molecule has 0 aromatic carbocycles. The van der Waals surface area contributed by atoms with Crippen LogP contribution in [-0.2, 0) is 6.42 Å². The quantitative estimate of drug-likeness (QED) is 0.865. The summed E-state index contributed by atoms with van der Waals surface area (Å²) in [5.74, 6) is 0. The number of aryl methyl sites for hydroxylation is 2. The van der Waals surface area contributed by atoms with Crippen LogP contribution >= 0.6 is 22.7 Å². The average Bonchev–Trinajstić information content (AvgIpc) is 2.84. The number of hydrogen-bond donors (Lipinski definition) is 1. The van der Waals surface area contributed by atoms with Crippen molar-refractivity contribution in [2.24, 2.45) is 5.73 Å². The van der Waals surface area contributed by atoms with Crippen LogP contribution in [0.1, 0.15) is 33.2 Å². The molecule has 2 aromatic heterocycles. The van der Waals surface area contributed by atoms with Crippen LogP contribution in [0.25, 0.3) is 0 Å². The van der Waals surface area contributed by atoms with E-state index in [-0.39, 0.29) is 6.04 Å². The van der Waals surface area contributed by atoms with Crippen molar-refractivity contribution in [1.82, 2.24) is 0 Å². The van der Waals surface area contributed by atoms with Gasteiger partial charge in [-0.1, -0.05) is 6.92 Å². The van der Waals surface area contributed by atoms with Gasteiger partial charge in [-0.2, -0.15) is 0 Å². The van der Waals surface area contributed by atoms with Crippen molar-refractivity contribution in [3.63, 3.8) is 0 Å². The molecule has 0 bridgehead atoms. The molecule has 2 rings (SSSR count). The maximum Gasteiger partial charge on any atom is 0.0742 e. The maximum atomic E-state index is 6.25. The van der Waals surface area contributed by atoms with Crippen molar-refractivity contribution < 1.29 is 0 Å². The molecule has 0 fully saturated rings. The summed E-state index contributed by atoms with van der Waals surface area (Å²) >= 11 is 3.58. The molecule has 0 amide bonds. The minimum absolute atomic E-state index is 0.0651. The maximum absolute atomic E-state index is 6.25. The molecule has 1 unspecified atom stereocenters. The van der Waals surface area contributed by atoms with E-state index in [0.717, 1.165) is 6.42 Å². The highest BCUT2D eigenvalue weighted by Crippen LogP contribution is 2.31. The van der Waals surface area contributed by atoms with Gasteiger partial charge in [0, 0.05) is 14.6 Å². The third-order valence-corrected chi connectivity index (χ3v) is 4.94. The van der Waals surface area contributed by atoms with E-state index in [1.54, 1.807) is 11.3 Å². The predicted octanol–water partition coefficient (Wildman–Crippen LogP) is 3.73. The lowest BCUT2D eigenvalue weighted by Crippen LogP contribution is -2.09. The van der Waals surface area contributed by atoms with Crippen molar-refractivity contribution in [3.8, 4) is 0 Å². The summed E-state index contributed by atoms with van der Waals surface area (Å²) in [4.78, 5) is 3.98. The summed E-state index contributed by atoms with van der Waals surface area (Å²) in [6.07, 6.45) is 1.10. The van der Waals surface area contributed by atoms with E-state index >= 15 is 0 Å². The van der Waals surface area contributed by atoms with Gasteiger partial charge < -0.3 is 5.73 Å². The van der Waals surface area contributed by atoms with Gasteiger partial charge >= 0.3 is 0 Å². The van der Waals surface area contributed by atoms with Crippen LogP contribution in [0.2, 0.25) is 0 Å². The predicted molar refractivity (Wildman–Crippen MR) is 68.8 cm³/mol. The normalized spacial score (nSPS) is 13.0. The molecule has 0 spiro atoms. The van der Waals surface area contributed by atoms with E-state index in [4.69, 9.17) is 5.73 Å². The van der Waals surface area contributed by atoms with Gasteiger partial charge in [0.2, 0.25) is 0 Å². The second kappa shape index (κ2) is 4.47. The van der Waals surface area contributed by atoms with Crippen LogP contribution in [0.5, 0.6) is 0 Å². The van der Waals surface area contributed by atoms with Gasteiger partial charge in [-0.05, 0) is 42.5 Å². The summed E-state index contributed by atoms with van der Waals surface area (Å²) in [6, 6.07) is 6.54. The zero-order valence-corrected chi connectivity index (χ0v) is 10.6. The third kappa shape index (κ3) is 2.14. The molecule has 1 atom stereocenters. The van der Waals surface area contributed by atoms with Crippen molar-refractivity contribution in [2.75, 3.05) is 0 Å². The highest BCUT2D eigenvalue weighted by Gasteiger charge is 2.14. The first-order valence-corrected chi connectivity index (χ1v) is 6.80. The highest BCUT2D eigenvalue weighted by atomic mass is 32.1. The van der Waals surface area contributed by atoms with Gasteiger partial charge in [-0.25, -0.2) is 0 Å². The molecule has 0 aliphatic rings. The SMILES string of the molecule is CCc1ccc(C(N)c2sccc2C)s1. The molecule has 2 aromatic rings. The lowest BCUT2D eigenvalue weighted by Gasteiger charge is -2.08. The molecule has 0 saturated carbocycles. The summed E-state index contributed by atoms with van der Waals surface area (Å²) in [7, 11) is 0. The van der Waals surface area contributed by atoms with Crippen molar-refractivity contribution >= 4 is 22.7 Å². The summed E-state index contributed by atoms with van der Waals surface area (Å²) < 4.78 is 0. The average molecular weight is 237 g/mol. The van der Waals surface area contributed by atoms with Crippen molar-refractivity contribution in [2.45, 2.75) is 26.3 Å². The van der Waals surface area contributed by atoms with Gasteiger partial charge in [-0.15, -0.1) is 22.7 Å². The first-order chi connectivity index (χ1) is 7.22. The van der Waals surface area contributed by atoms with E-state index in [1.807, 2.05) is 11.3 Å². The molecule has 15 heavy (non-hydrogen) atoms. The van der Waals surface area contributed by atoms with Crippen LogP contribution in [0.3, 0.4) is 0 Å². The van der Waals surface area contributed by atoms with E-state index in [1.165, 1.54) is 20.2 Å². The standard InChI is InChI=1S/C12H15NS2/c1-3-9-4-5-10(15-9)11(13)12-8(2)6-7-14-12/h4-7,11H,3,13H2,1-2H3. The van der Waals surface area contributed by atoms with Crippen molar-refractivity contribution in [1.29, 1.82) is 0 Å². The highest BCUT2D eigenvalue weighted by molar-refractivity contribution is 7.13. The zero-order chi connectivity index (χ0) is 10.8. The largest absolute Gasteiger partial charge is 0.319 e. The zero-order valence-electron chi connectivity index (χ0n) is 8.99. The first-order valence-electron chi connectivity index (χ1n) is 5.10. The van der Waals surface area contributed by atoms with E-state index in [2.05, 4.69) is 37.4 Å². The van der Waals surface area contributed by atoms with Crippen LogP contribution < -0.4 is 5.73 Å². The van der Waals surface area contributed by atoms with E-state index in [9.17, 15) is 0 Å². The topological polar surface area (TPSA) is 26.0 Å². The second-order valence-electron chi connectivity index (χ2n) is 3.60. The smallest absolute Gasteiger partial charge is 0.0742 e. The van der Waals surface area contributed by atoms with E-state index < -0.39 is 0 Å². The number of hydrogen-bond acceptors (Lipinski definition) is 3. The van der Waals surface area contributed by atoms with Gasteiger partial charge in [0.1, 0.15) is 0 Å². The molecular weight excluding hydrogens is 222 g/mol. The fourth-order valence-corrected chi connectivity index (χ4v) is 3.57. The molecule has 0 saturated heterocycles. The fourth-order valence-electron chi connectivity index (χ4n) is 1.58. The lowest BCUT2D eigenvalue weighted by molar-refractivity contribution is 0.908. The Balaban J connectivity index is 2.28. The molecule has 80 valence electrons. The van der Waals surface area contributed by atoms with Crippen LogP contribution in [0, 0.1) is 6.92 Å². The van der Waals surface area contributed by atoms with Crippen molar-refractivity contribution in [3.05, 3.63) is 43.8 Å². The van der Waals surface area contributed by atoms with Crippen LogP contribution in [-0.4, -0.2) is 0 Å². The Labute approximate surface area is 98.6 Å². The molecule has 2 heterocycles. The summed E-state index contributed by atoms with van der Waals surface area (Å²) in [6.45, 7) is 4.30. The minimum atomic E-state index is 0.0651. The lowest BCUT2D eigenvalue weighted by atomic mass is 10.1. The molecule has 0 aliphatic heterocycles. The van der Waals surface area contributed by atoms with Gasteiger partial charge in [0.15, 0.2) is 0 Å². The molecule has 1 nitrogen and oxygen atoms in total. The van der Waals surface area contributed by atoms with Gasteiger partial charge in [0.25, 0.3) is 0 Å². The Morgan fingerprint density at radius 2 is 2.13 bits per heavy atom. The minimum Gasteiger partial charge on any atom is -0.319 e. The second-order valence-corrected chi connectivity index (χ2v) is 5.75. The summed E-state index contributed by atoms with van der Waals surface area (Å²) in [5.41, 5.74) is 7.56. The van der Waals surface area contributed by atoms with E-state index in [0.29, 0.717) is 0 Å². The Kier molecular flexibility index (Phi) is 3.24. The molecule has 3 heteroatoms. The first kappa shape index (κ1) is 10.9. The Bertz CT molecular complexity index is 442.